The van der Waals surface area contributed by atoms with E-state index in [0.29, 0.717) is 19.0 Å². The number of hydrogen-bond donors (Lipinski definition) is 2. The molecular weight excluding hydrogens is 224 g/mol. The zero-order valence-electron chi connectivity index (χ0n) is 9.63. The van der Waals surface area contributed by atoms with Crippen LogP contribution in [0.15, 0.2) is 23.2 Å². The third-order valence-corrected chi connectivity index (χ3v) is 2.60. The second-order valence-electron chi connectivity index (χ2n) is 4.16. The minimum absolute atomic E-state index is 0.362. The second kappa shape index (κ2) is 5.12. The molecule has 0 aromatic heterocycles. The lowest BCUT2D eigenvalue weighted by Gasteiger charge is -2.08. The summed E-state index contributed by atoms with van der Waals surface area (Å²) in [6.07, 6.45) is 0.631. The normalized spacial score (nSPS) is 18.8. The number of halogens is 2. The van der Waals surface area contributed by atoms with Gasteiger partial charge in [0.2, 0.25) is 0 Å². The van der Waals surface area contributed by atoms with Crippen LogP contribution >= 0.6 is 0 Å². The topological polar surface area (TPSA) is 36.4 Å². The van der Waals surface area contributed by atoms with Crippen molar-refractivity contribution in [3.05, 3.63) is 35.4 Å². The molecule has 3 nitrogen and oxygen atoms in total. The van der Waals surface area contributed by atoms with Crippen LogP contribution in [0.1, 0.15) is 12.5 Å². The number of guanidine groups is 1. The first-order chi connectivity index (χ1) is 8.15. The van der Waals surface area contributed by atoms with Gasteiger partial charge in [0, 0.05) is 12.6 Å². The lowest BCUT2D eigenvalue weighted by atomic mass is 10.1. The van der Waals surface area contributed by atoms with Gasteiger partial charge < -0.3 is 10.6 Å². The monoisotopic (exact) mass is 239 g/mol. The molecule has 0 spiro atoms. The van der Waals surface area contributed by atoms with E-state index in [-0.39, 0.29) is 0 Å². The van der Waals surface area contributed by atoms with E-state index < -0.39 is 11.6 Å². The maximum atomic E-state index is 12.9. The number of nitrogens with zero attached hydrogens (tertiary/aromatic N) is 1. The van der Waals surface area contributed by atoms with E-state index >= 15 is 0 Å². The fourth-order valence-electron chi connectivity index (χ4n) is 1.68. The minimum Gasteiger partial charge on any atom is -0.356 e. The van der Waals surface area contributed by atoms with Gasteiger partial charge in [-0.3, -0.25) is 4.99 Å². The Bertz CT molecular complexity index is 432. The number of rotatable bonds is 3. The van der Waals surface area contributed by atoms with Crippen molar-refractivity contribution in [1.82, 2.24) is 10.6 Å². The molecule has 1 aliphatic heterocycles. The van der Waals surface area contributed by atoms with Gasteiger partial charge in [0.1, 0.15) is 0 Å². The van der Waals surface area contributed by atoms with Crippen molar-refractivity contribution in [2.45, 2.75) is 19.4 Å². The largest absolute Gasteiger partial charge is 0.356 e. The van der Waals surface area contributed by atoms with E-state index in [9.17, 15) is 8.78 Å². The molecule has 0 bridgehead atoms. The predicted octanol–water partition coefficient (Wildman–Crippen LogP) is 1.44. The highest BCUT2D eigenvalue weighted by atomic mass is 19.2. The first-order valence-corrected chi connectivity index (χ1v) is 5.64. The van der Waals surface area contributed by atoms with Crippen molar-refractivity contribution in [3.63, 3.8) is 0 Å². The maximum absolute atomic E-state index is 12.9. The summed E-state index contributed by atoms with van der Waals surface area (Å²) in [4.78, 5) is 4.24. The Morgan fingerprint density at radius 1 is 1.41 bits per heavy atom. The van der Waals surface area contributed by atoms with Gasteiger partial charge >= 0.3 is 0 Å². The smallest absolute Gasteiger partial charge is 0.191 e. The molecule has 0 saturated carbocycles. The third-order valence-electron chi connectivity index (χ3n) is 2.60. The zero-order valence-corrected chi connectivity index (χ0v) is 9.63. The summed E-state index contributed by atoms with van der Waals surface area (Å²) >= 11 is 0. The van der Waals surface area contributed by atoms with Crippen LogP contribution in [0.2, 0.25) is 0 Å². The fourth-order valence-corrected chi connectivity index (χ4v) is 1.68. The molecule has 0 aliphatic carbocycles. The fraction of sp³-hybridized carbons (Fsp3) is 0.417. The standard InChI is InChI=1S/C12H15F2N3/c1-8-7-16-12(17-8)15-5-4-9-2-3-10(13)11(14)6-9/h2-3,6,8H,4-5,7H2,1H3,(H2,15,16,17). The lowest BCUT2D eigenvalue weighted by molar-refractivity contribution is 0.507. The predicted molar refractivity (Wildman–Crippen MR) is 63.0 cm³/mol. The highest BCUT2D eigenvalue weighted by Gasteiger charge is 2.11. The molecule has 92 valence electrons. The summed E-state index contributed by atoms with van der Waals surface area (Å²) in [5.74, 6) is -0.829. The highest BCUT2D eigenvalue weighted by Crippen LogP contribution is 2.08. The van der Waals surface area contributed by atoms with Crippen molar-refractivity contribution in [2.75, 3.05) is 13.1 Å². The van der Waals surface area contributed by atoms with Crippen molar-refractivity contribution in [3.8, 4) is 0 Å². The zero-order chi connectivity index (χ0) is 12.3. The van der Waals surface area contributed by atoms with E-state index in [4.69, 9.17) is 0 Å². The Morgan fingerprint density at radius 3 is 2.88 bits per heavy atom. The molecular formula is C12H15F2N3. The van der Waals surface area contributed by atoms with Gasteiger partial charge in [0.25, 0.3) is 0 Å². The lowest BCUT2D eigenvalue weighted by Crippen LogP contribution is -2.38. The quantitative estimate of drug-likeness (QED) is 0.837. The number of benzene rings is 1. The third kappa shape index (κ3) is 3.15. The van der Waals surface area contributed by atoms with Crippen LogP contribution in [0.4, 0.5) is 8.78 Å². The van der Waals surface area contributed by atoms with Crippen LogP contribution < -0.4 is 10.6 Å². The molecule has 0 amide bonds. The van der Waals surface area contributed by atoms with Gasteiger partial charge in [-0.25, -0.2) is 8.78 Å². The molecule has 1 unspecified atom stereocenters. The van der Waals surface area contributed by atoms with E-state index in [0.717, 1.165) is 24.1 Å². The second-order valence-corrected chi connectivity index (χ2v) is 4.16. The molecule has 0 fully saturated rings. The van der Waals surface area contributed by atoms with Gasteiger partial charge in [-0.15, -0.1) is 0 Å². The summed E-state index contributed by atoms with van der Waals surface area (Å²) in [5.41, 5.74) is 0.767. The molecule has 5 heteroatoms. The van der Waals surface area contributed by atoms with Gasteiger partial charge in [-0.1, -0.05) is 6.07 Å². The van der Waals surface area contributed by atoms with E-state index in [1.165, 1.54) is 6.07 Å². The summed E-state index contributed by atoms with van der Waals surface area (Å²) in [7, 11) is 0. The van der Waals surface area contributed by atoms with Gasteiger partial charge in [-0.05, 0) is 31.0 Å². The Labute approximate surface area is 98.9 Å². The molecule has 1 atom stereocenters. The van der Waals surface area contributed by atoms with Crippen LogP contribution in [0.25, 0.3) is 0 Å². The highest BCUT2D eigenvalue weighted by molar-refractivity contribution is 5.81. The summed E-state index contributed by atoms with van der Waals surface area (Å²) < 4.78 is 25.6. The molecule has 0 saturated heterocycles. The van der Waals surface area contributed by atoms with Gasteiger partial charge in [-0.2, -0.15) is 0 Å². The van der Waals surface area contributed by atoms with Gasteiger partial charge in [0.15, 0.2) is 17.6 Å². The van der Waals surface area contributed by atoms with Crippen molar-refractivity contribution in [2.24, 2.45) is 4.99 Å². The molecule has 2 N–H and O–H groups in total. The van der Waals surface area contributed by atoms with Crippen LogP contribution in [0.5, 0.6) is 0 Å². The van der Waals surface area contributed by atoms with Crippen molar-refractivity contribution >= 4 is 5.96 Å². The Hall–Kier alpha value is -1.65. The molecule has 1 aromatic carbocycles. The van der Waals surface area contributed by atoms with Crippen molar-refractivity contribution in [1.29, 1.82) is 0 Å². The molecule has 2 rings (SSSR count). The Kier molecular flexibility index (Phi) is 3.56. The van der Waals surface area contributed by atoms with E-state index in [2.05, 4.69) is 15.6 Å². The first-order valence-electron chi connectivity index (χ1n) is 5.64. The van der Waals surface area contributed by atoms with Crippen LogP contribution in [-0.2, 0) is 6.42 Å². The molecule has 1 aliphatic rings. The minimum atomic E-state index is -0.808. The number of hydrogen-bond acceptors (Lipinski definition) is 3. The van der Waals surface area contributed by atoms with E-state index in [1.807, 2.05) is 6.92 Å². The molecule has 1 aromatic rings. The Balaban J connectivity index is 1.80. The summed E-state index contributed by atoms with van der Waals surface area (Å²) in [6.45, 7) is 3.46. The SMILES string of the molecule is CC1CN=C(NCCc2ccc(F)c(F)c2)N1. The van der Waals surface area contributed by atoms with Crippen LogP contribution in [0, 0.1) is 11.6 Å². The first kappa shape index (κ1) is 11.8. The van der Waals surface area contributed by atoms with Gasteiger partial charge in [0.05, 0.1) is 6.54 Å². The average molecular weight is 239 g/mol. The number of aliphatic imine (C=N–C) groups is 1. The molecule has 1 heterocycles. The Morgan fingerprint density at radius 2 is 2.24 bits per heavy atom. The average Bonchev–Trinajstić information content (AvgIpc) is 2.70. The maximum Gasteiger partial charge on any atom is 0.191 e. The summed E-state index contributed by atoms with van der Waals surface area (Å²) in [6, 6.07) is 4.33. The van der Waals surface area contributed by atoms with Crippen molar-refractivity contribution < 1.29 is 8.78 Å². The van der Waals surface area contributed by atoms with E-state index in [1.54, 1.807) is 6.07 Å². The van der Waals surface area contributed by atoms with Crippen LogP contribution in [0.3, 0.4) is 0 Å². The molecule has 17 heavy (non-hydrogen) atoms. The summed E-state index contributed by atoms with van der Waals surface area (Å²) in [5, 5.41) is 6.28. The molecule has 0 radical (unpaired) electrons. The van der Waals surface area contributed by atoms with Crippen LogP contribution in [-0.4, -0.2) is 25.1 Å². The number of nitrogens with one attached hydrogen (secondary N) is 2.